The third-order valence-corrected chi connectivity index (χ3v) is 22.5. The van der Waals surface area contributed by atoms with Crippen molar-refractivity contribution in [3.8, 4) is 22.3 Å². The first kappa shape index (κ1) is 60.9. The van der Waals surface area contributed by atoms with Crippen LogP contribution in [0.15, 0.2) is 146 Å². The van der Waals surface area contributed by atoms with Gasteiger partial charge in [0, 0.05) is 0 Å². The fourth-order valence-corrected chi connectivity index (χ4v) is 16.8. The Morgan fingerprint density at radius 3 is 0.585 bits per heavy atom. The normalized spacial score (nSPS) is 14.2. The maximum atomic E-state index is 2.69. The summed E-state index contributed by atoms with van der Waals surface area (Å²) in [7, 11) is 0. The fraction of sp³-hybridized carbons (Fsp3) is 0.340. The van der Waals surface area contributed by atoms with Gasteiger partial charge in [0.15, 0.2) is 0 Å². The monoisotopic (exact) mass is 1220 g/mol. The lowest BCUT2D eigenvalue weighted by atomic mass is 9.76. The highest BCUT2D eigenvalue weighted by Gasteiger charge is 2.33. The van der Waals surface area contributed by atoms with E-state index in [1.165, 1.54) is 207 Å². The lowest BCUT2D eigenvalue weighted by Gasteiger charge is -2.28. The molecule has 0 aliphatic carbocycles. The van der Waals surface area contributed by atoms with Gasteiger partial charge in [0.25, 0.3) is 0 Å². The number of benzene rings is 14. The number of fused-ring (bicyclic) bond motifs is 11. The molecule has 0 aliphatic heterocycles. The molecule has 0 saturated carbocycles. The molecule has 0 aliphatic rings. The highest BCUT2D eigenvalue weighted by atomic mass is 14.4. The maximum Gasteiger partial charge on any atom is -0.000740 e. The van der Waals surface area contributed by atoms with E-state index in [0.717, 1.165) is 0 Å². The molecule has 0 radical (unpaired) electrons. The molecule has 0 nitrogen and oxygen atoms in total. The summed E-state index contributed by atoms with van der Waals surface area (Å²) in [6.45, 7) is 57.4. The van der Waals surface area contributed by atoms with Gasteiger partial charge in [0.2, 0.25) is 0 Å². The van der Waals surface area contributed by atoms with Crippen LogP contribution in [0.1, 0.15) is 211 Å². The second kappa shape index (κ2) is 18.9. The minimum absolute atomic E-state index is 0.0255. The van der Waals surface area contributed by atoms with Crippen molar-refractivity contribution in [2.24, 2.45) is 0 Å². The van der Waals surface area contributed by atoms with Crippen molar-refractivity contribution in [1.29, 1.82) is 0 Å². The van der Waals surface area contributed by atoms with Crippen molar-refractivity contribution in [2.45, 2.75) is 209 Å². The smallest absolute Gasteiger partial charge is 0.000740 e. The minimum Gasteiger partial charge on any atom is -0.0561 e. The van der Waals surface area contributed by atoms with Crippen molar-refractivity contribution in [3.63, 3.8) is 0 Å². The lowest BCUT2D eigenvalue weighted by Crippen LogP contribution is -2.16. The largest absolute Gasteiger partial charge is 0.0561 e. The van der Waals surface area contributed by atoms with Crippen molar-refractivity contribution in [3.05, 3.63) is 190 Å². The zero-order valence-corrected chi connectivity index (χ0v) is 60.9. The van der Waals surface area contributed by atoms with Gasteiger partial charge in [-0.3, -0.25) is 0 Å². The van der Waals surface area contributed by atoms with E-state index < -0.39 is 0 Å². The van der Waals surface area contributed by atoms with Crippen LogP contribution in [0.2, 0.25) is 0 Å². The van der Waals surface area contributed by atoms with E-state index in [9.17, 15) is 0 Å². The molecular weight excluding hydrogens is 1130 g/mol. The molecule has 0 spiro atoms. The average molecular weight is 1230 g/mol. The van der Waals surface area contributed by atoms with Crippen LogP contribution >= 0.6 is 0 Å². The van der Waals surface area contributed by atoms with E-state index in [2.05, 4.69) is 312 Å². The zero-order chi connectivity index (χ0) is 66.9. The van der Waals surface area contributed by atoms with Crippen LogP contribution in [0.5, 0.6) is 0 Å². The predicted molar refractivity (Wildman–Crippen MR) is 419 cm³/mol. The van der Waals surface area contributed by atoms with Crippen LogP contribution < -0.4 is 0 Å². The molecule has 0 heterocycles. The third kappa shape index (κ3) is 8.81. The molecule has 94 heavy (non-hydrogen) atoms. The number of hydrogen-bond donors (Lipinski definition) is 0. The van der Waals surface area contributed by atoms with Crippen molar-refractivity contribution in [2.75, 3.05) is 0 Å². The average Bonchev–Trinajstić information content (AvgIpc) is 1.45. The van der Waals surface area contributed by atoms with Gasteiger partial charge in [-0.25, -0.2) is 0 Å². The Hall–Kier alpha value is -8.06. The molecule has 0 saturated heterocycles. The molecule has 0 fully saturated rings. The van der Waals surface area contributed by atoms with E-state index in [4.69, 9.17) is 0 Å². The molecule has 0 N–H and O–H groups in total. The van der Waals surface area contributed by atoms with Crippen LogP contribution in [0.25, 0.3) is 162 Å². The Bertz CT molecular complexity index is 5520. The topological polar surface area (TPSA) is 0 Å². The Morgan fingerprint density at radius 1 is 0.149 bits per heavy atom. The highest BCUT2D eigenvalue weighted by molar-refractivity contribution is 6.48. The molecule has 0 amide bonds. The van der Waals surface area contributed by atoms with Gasteiger partial charge in [-0.2, -0.15) is 0 Å². The second-order valence-corrected chi connectivity index (χ2v) is 37.5. The van der Waals surface area contributed by atoms with Gasteiger partial charge in [0.1, 0.15) is 0 Å². The number of hydrogen-bond acceptors (Lipinski definition) is 0. The predicted octanol–water partition coefficient (Wildman–Crippen LogP) is 28.1. The first-order chi connectivity index (χ1) is 43.6. The zero-order valence-electron chi connectivity index (χ0n) is 60.9. The molecule has 16 aromatic rings. The van der Waals surface area contributed by atoms with E-state index >= 15 is 0 Å². The molecule has 16 aromatic carbocycles. The summed E-state index contributed by atoms with van der Waals surface area (Å²) in [6.07, 6.45) is 0. The van der Waals surface area contributed by atoms with Gasteiger partial charge < -0.3 is 0 Å². The lowest BCUT2D eigenvalue weighted by molar-refractivity contribution is 0.568. The van der Waals surface area contributed by atoms with Gasteiger partial charge >= 0.3 is 0 Å². The SMILES string of the molecule is CC(C)(C)c1cc(-c2c3cc4c(cc3c(-c3cc(C(C)(C)C)cc(C(C)(C)C)c3)c3c5ccc6c7cc(C(C)(C)C)cc8cc(C(C)(C)C)cc(c9ccc(c23)c5c96)c87)c2ccc3c5cc(C(C)(C)C)cc6cc(C(C)(C)C)cc(c7ccc4c2c73)c65)cc(C(C)(C)C)c1. The second-order valence-electron chi connectivity index (χ2n) is 37.5. The van der Waals surface area contributed by atoms with E-state index in [1.807, 2.05) is 0 Å². The highest BCUT2D eigenvalue weighted by Crippen LogP contribution is 2.58. The summed E-state index contributed by atoms with van der Waals surface area (Å²) in [4.78, 5) is 0. The summed E-state index contributed by atoms with van der Waals surface area (Å²) in [6, 6.07) is 61.2. The van der Waals surface area contributed by atoms with Gasteiger partial charge in [-0.15, -0.1) is 0 Å². The number of rotatable bonds is 2. The molecule has 472 valence electrons. The van der Waals surface area contributed by atoms with Gasteiger partial charge in [-0.1, -0.05) is 275 Å². The standard InChI is InChI=1S/C94H96/c1-87(2,3)53-37-51(38-54(41-53)88(4,5)6)79-75-47-69-61-25-27-63-71-43-57(91(13,14)15)33-49-34-58(92(16,17)18)44-72(77(49)71)64-28-26-62(81(61)82(63)64)70(69)48-76(75)80(52-39-55(89(7,8)9)42-56(40-52)90(10,11)12)86-68-32-30-66-74-46-60(94(22,23)24)36-50-35-59(93(19,20)21)45-73(78(50)74)65-29-31-67(85(79)86)84(68)83(65)66/h25-48H,1-24H3. The first-order valence-electron chi connectivity index (χ1n) is 35.1. The van der Waals surface area contributed by atoms with Crippen molar-refractivity contribution >= 4 is 140 Å². The van der Waals surface area contributed by atoms with Crippen LogP contribution in [-0.2, 0) is 43.3 Å². The maximum absolute atomic E-state index is 2.69. The Labute approximate surface area is 558 Å². The van der Waals surface area contributed by atoms with Crippen LogP contribution in [0.3, 0.4) is 0 Å². The van der Waals surface area contributed by atoms with Crippen LogP contribution in [-0.4, -0.2) is 0 Å². The third-order valence-electron chi connectivity index (χ3n) is 22.5. The van der Waals surface area contributed by atoms with E-state index in [1.54, 1.807) is 0 Å². The van der Waals surface area contributed by atoms with Gasteiger partial charge in [0.05, 0.1) is 0 Å². The Morgan fingerprint density at radius 2 is 0.351 bits per heavy atom. The van der Waals surface area contributed by atoms with Crippen LogP contribution in [0.4, 0.5) is 0 Å². The summed E-state index contributed by atoms with van der Waals surface area (Å²) in [5.41, 5.74) is 15.7. The Balaban J connectivity index is 1.17. The molecule has 0 aromatic heterocycles. The summed E-state index contributed by atoms with van der Waals surface area (Å²) >= 11 is 0. The quantitative estimate of drug-likeness (QED) is 0.120. The van der Waals surface area contributed by atoms with Crippen molar-refractivity contribution in [1.82, 2.24) is 0 Å². The van der Waals surface area contributed by atoms with E-state index in [0.29, 0.717) is 0 Å². The minimum atomic E-state index is -0.106. The first-order valence-corrected chi connectivity index (χ1v) is 35.1. The van der Waals surface area contributed by atoms with Crippen molar-refractivity contribution < 1.29 is 0 Å². The molecule has 0 unspecified atom stereocenters. The van der Waals surface area contributed by atoms with Gasteiger partial charge in [-0.05, 0) is 287 Å². The molecule has 0 atom stereocenters. The fourth-order valence-electron chi connectivity index (χ4n) is 16.8. The summed E-state index contributed by atoms with van der Waals surface area (Å²) < 4.78 is 0. The molecular formula is C94H96. The molecule has 0 bridgehead atoms. The molecule has 16 rings (SSSR count). The Kier molecular flexibility index (Phi) is 12.2. The summed E-state index contributed by atoms with van der Waals surface area (Å²) in [5.74, 6) is 0. The molecule has 0 heteroatoms. The summed E-state index contributed by atoms with van der Waals surface area (Å²) in [5, 5.41) is 35.1. The van der Waals surface area contributed by atoms with E-state index in [-0.39, 0.29) is 43.3 Å². The van der Waals surface area contributed by atoms with Crippen LogP contribution in [0, 0.1) is 0 Å².